The number of carbonyl (C=O) groups is 4. The molecular formula is C12H12N2O8. The minimum atomic E-state index is -2.34. The van der Waals surface area contributed by atoms with Gasteiger partial charge < -0.3 is 20.4 Å². The second-order valence-corrected chi connectivity index (χ2v) is 4.90. The fraction of sp³-hybridized carbons (Fsp3) is 0.333. The van der Waals surface area contributed by atoms with Crippen molar-refractivity contribution in [2.24, 2.45) is 0 Å². The summed E-state index contributed by atoms with van der Waals surface area (Å²) < 4.78 is 0. The van der Waals surface area contributed by atoms with Gasteiger partial charge in [0, 0.05) is 12.1 Å². The van der Waals surface area contributed by atoms with Crippen LogP contribution in [-0.4, -0.2) is 67.5 Å². The van der Waals surface area contributed by atoms with Crippen molar-refractivity contribution in [2.45, 2.75) is 23.2 Å². The van der Waals surface area contributed by atoms with E-state index in [4.69, 9.17) is 20.4 Å². The lowest BCUT2D eigenvalue weighted by atomic mass is 10.0. The molecule has 0 bridgehead atoms. The van der Waals surface area contributed by atoms with Gasteiger partial charge in [-0.15, -0.1) is 0 Å². The standard InChI is InChI=1S/C12H12N2O8/c15-7(16)11(8(17)18)3-1-5(13-11)6-2-4-12(14-6,9(19)20)10(21)22/h1-6,13-14H,(H,15,16)(H,17,18)(H,19,20)(H,21,22). The largest absolute Gasteiger partial charge is 0.479 e. The van der Waals surface area contributed by atoms with Crippen molar-refractivity contribution in [3.05, 3.63) is 24.3 Å². The molecule has 0 saturated carbocycles. The SMILES string of the molecule is O=C(O)C1(C(=O)O)C=CC(C2C=CC(C(=O)O)(C(=O)O)N2)N1. The van der Waals surface area contributed by atoms with E-state index in [1.54, 1.807) is 0 Å². The molecule has 2 aliphatic rings. The van der Waals surface area contributed by atoms with Crippen LogP contribution in [0.2, 0.25) is 0 Å². The lowest BCUT2D eigenvalue weighted by Crippen LogP contribution is -2.62. The summed E-state index contributed by atoms with van der Waals surface area (Å²) in [6.07, 6.45) is 4.34. The summed E-state index contributed by atoms with van der Waals surface area (Å²) in [5.74, 6) is -6.54. The Hall–Kier alpha value is -2.72. The zero-order chi connectivity index (χ0) is 16.7. The first-order chi connectivity index (χ1) is 10.2. The molecule has 22 heavy (non-hydrogen) atoms. The van der Waals surface area contributed by atoms with Crippen molar-refractivity contribution in [2.75, 3.05) is 0 Å². The van der Waals surface area contributed by atoms with Crippen molar-refractivity contribution >= 4 is 23.9 Å². The Kier molecular flexibility index (Phi) is 3.51. The molecule has 0 fully saturated rings. The number of hydrogen-bond donors (Lipinski definition) is 6. The molecule has 0 saturated heterocycles. The molecule has 118 valence electrons. The van der Waals surface area contributed by atoms with Gasteiger partial charge in [0.1, 0.15) is 0 Å². The summed E-state index contributed by atoms with van der Waals surface area (Å²) in [5, 5.41) is 40.9. The van der Waals surface area contributed by atoms with Crippen molar-refractivity contribution in [1.29, 1.82) is 0 Å². The lowest BCUT2D eigenvalue weighted by molar-refractivity contribution is -0.158. The molecule has 0 spiro atoms. The number of carboxylic acid groups (broad SMARTS) is 4. The molecule has 0 amide bonds. The van der Waals surface area contributed by atoms with E-state index in [-0.39, 0.29) is 0 Å². The minimum Gasteiger partial charge on any atom is -0.479 e. The molecule has 0 aliphatic carbocycles. The van der Waals surface area contributed by atoms with E-state index >= 15 is 0 Å². The van der Waals surface area contributed by atoms with Gasteiger partial charge in [-0.3, -0.25) is 10.6 Å². The van der Waals surface area contributed by atoms with Crippen LogP contribution in [0.1, 0.15) is 0 Å². The van der Waals surface area contributed by atoms with Crippen LogP contribution in [0.3, 0.4) is 0 Å². The summed E-state index contributed by atoms with van der Waals surface area (Å²) in [6.45, 7) is 0. The number of hydrogen-bond acceptors (Lipinski definition) is 6. The summed E-state index contributed by atoms with van der Waals surface area (Å²) in [6, 6.07) is -1.80. The number of carboxylic acids is 4. The molecular weight excluding hydrogens is 300 g/mol. The summed E-state index contributed by atoms with van der Waals surface area (Å²) >= 11 is 0. The highest BCUT2D eigenvalue weighted by Crippen LogP contribution is 2.24. The van der Waals surface area contributed by atoms with Gasteiger partial charge in [-0.05, 0) is 12.2 Å². The van der Waals surface area contributed by atoms with Crippen LogP contribution in [0.25, 0.3) is 0 Å². The van der Waals surface area contributed by atoms with Crippen LogP contribution in [0.15, 0.2) is 24.3 Å². The Morgan fingerprint density at radius 2 is 0.955 bits per heavy atom. The highest BCUT2D eigenvalue weighted by atomic mass is 16.4. The smallest absolute Gasteiger partial charge is 0.339 e. The second kappa shape index (κ2) is 4.93. The fourth-order valence-corrected chi connectivity index (χ4v) is 2.35. The van der Waals surface area contributed by atoms with Gasteiger partial charge in [0.2, 0.25) is 11.1 Å². The van der Waals surface area contributed by atoms with Gasteiger partial charge >= 0.3 is 23.9 Å². The Balaban J connectivity index is 2.22. The van der Waals surface area contributed by atoms with E-state index in [0.29, 0.717) is 0 Å². The zero-order valence-corrected chi connectivity index (χ0v) is 10.9. The highest BCUT2D eigenvalue weighted by molar-refractivity contribution is 6.07. The lowest BCUT2D eigenvalue weighted by Gasteiger charge is -2.27. The number of rotatable bonds is 5. The van der Waals surface area contributed by atoms with Gasteiger partial charge in [-0.1, -0.05) is 12.2 Å². The molecule has 2 rings (SSSR count). The van der Waals surface area contributed by atoms with Crippen LogP contribution in [0.5, 0.6) is 0 Å². The average molecular weight is 312 g/mol. The second-order valence-electron chi connectivity index (χ2n) is 4.90. The molecule has 0 aromatic carbocycles. The molecule has 2 heterocycles. The number of nitrogens with one attached hydrogen (secondary N) is 2. The number of aliphatic carboxylic acids is 4. The first-order valence-electron chi connectivity index (χ1n) is 6.03. The molecule has 0 aromatic heterocycles. The molecule has 10 heteroatoms. The molecule has 0 radical (unpaired) electrons. The van der Waals surface area contributed by atoms with Crippen LogP contribution < -0.4 is 10.6 Å². The predicted octanol–water partition coefficient (Wildman–Crippen LogP) is -2.14. The first kappa shape index (κ1) is 15.7. The summed E-state index contributed by atoms with van der Waals surface area (Å²) in [5.41, 5.74) is -4.67. The fourth-order valence-electron chi connectivity index (χ4n) is 2.35. The topological polar surface area (TPSA) is 173 Å². The van der Waals surface area contributed by atoms with E-state index in [0.717, 1.165) is 12.2 Å². The predicted molar refractivity (Wildman–Crippen MR) is 68.1 cm³/mol. The van der Waals surface area contributed by atoms with Crippen molar-refractivity contribution in [3.63, 3.8) is 0 Å². The van der Waals surface area contributed by atoms with Crippen LogP contribution in [0.4, 0.5) is 0 Å². The van der Waals surface area contributed by atoms with Crippen molar-refractivity contribution < 1.29 is 39.6 Å². The Morgan fingerprint density at radius 3 is 1.14 bits per heavy atom. The van der Waals surface area contributed by atoms with Crippen molar-refractivity contribution in [3.8, 4) is 0 Å². The Bertz CT molecular complexity index is 541. The third kappa shape index (κ3) is 2.05. The van der Waals surface area contributed by atoms with Gasteiger partial charge in [0.15, 0.2) is 0 Å². The van der Waals surface area contributed by atoms with E-state index in [9.17, 15) is 19.2 Å². The summed E-state index contributed by atoms with van der Waals surface area (Å²) in [4.78, 5) is 44.6. The normalized spacial score (nSPS) is 27.6. The molecule has 6 N–H and O–H groups in total. The maximum absolute atomic E-state index is 11.1. The van der Waals surface area contributed by atoms with Gasteiger partial charge in [0.05, 0.1) is 0 Å². The van der Waals surface area contributed by atoms with Crippen LogP contribution >= 0.6 is 0 Å². The maximum Gasteiger partial charge on any atom is 0.339 e. The quantitative estimate of drug-likeness (QED) is 0.243. The molecule has 2 aliphatic heterocycles. The van der Waals surface area contributed by atoms with E-state index < -0.39 is 47.0 Å². The van der Waals surface area contributed by atoms with Crippen LogP contribution in [-0.2, 0) is 19.2 Å². The third-order valence-corrected chi connectivity index (χ3v) is 3.63. The summed E-state index contributed by atoms with van der Waals surface area (Å²) in [7, 11) is 0. The Labute approximate surface area is 122 Å². The molecule has 2 atom stereocenters. The molecule has 10 nitrogen and oxygen atoms in total. The van der Waals surface area contributed by atoms with Gasteiger partial charge in [-0.25, -0.2) is 19.2 Å². The maximum atomic E-state index is 11.1. The van der Waals surface area contributed by atoms with Crippen molar-refractivity contribution in [1.82, 2.24) is 10.6 Å². The minimum absolute atomic E-state index is 0.899. The molecule has 2 unspecified atom stereocenters. The Morgan fingerprint density at radius 1 is 0.682 bits per heavy atom. The molecule has 0 aromatic rings. The third-order valence-electron chi connectivity index (χ3n) is 3.63. The van der Waals surface area contributed by atoms with E-state index in [2.05, 4.69) is 10.6 Å². The van der Waals surface area contributed by atoms with E-state index in [1.165, 1.54) is 12.2 Å². The zero-order valence-electron chi connectivity index (χ0n) is 10.9. The van der Waals surface area contributed by atoms with E-state index in [1.807, 2.05) is 0 Å². The first-order valence-corrected chi connectivity index (χ1v) is 6.03. The monoisotopic (exact) mass is 312 g/mol. The highest BCUT2D eigenvalue weighted by Gasteiger charge is 2.54. The van der Waals surface area contributed by atoms with Crippen LogP contribution in [0, 0.1) is 0 Å². The van der Waals surface area contributed by atoms with Gasteiger partial charge in [0.25, 0.3) is 0 Å². The average Bonchev–Trinajstić information content (AvgIpc) is 3.04. The van der Waals surface area contributed by atoms with Gasteiger partial charge in [-0.2, -0.15) is 0 Å².